The van der Waals surface area contributed by atoms with Gasteiger partial charge in [-0.15, -0.1) is 0 Å². The van der Waals surface area contributed by atoms with Gasteiger partial charge >= 0.3 is 6.18 Å². The molecule has 9 heteroatoms. The molecule has 1 aromatic heterocycles. The van der Waals surface area contributed by atoms with Crippen LogP contribution in [-0.4, -0.2) is 15.9 Å². The van der Waals surface area contributed by atoms with Crippen molar-refractivity contribution in [3.05, 3.63) is 76.3 Å². The van der Waals surface area contributed by atoms with Gasteiger partial charge in [-0.3, -0.25) is 4.79 Å². The summed E-state index contributed by atoms with van der Waals surface area (Å²) in [4.78, 5) is 20.7. The minimum atomic E-state index is -4.65. The van der Waals surface area contributed by atoms with E-state index in [9.17, 15) is 22.4 Å². The highest BCUT2D eigenvalue weighted by Gasteiger charge is 2.33. The monoisotopic (exact) mass is 409 g/mol. The van der Waals surface area contributed by atoms with Crippen molar-refractivity contribution in [1.29, 1.82) is 0 Å². The summed E-state index contributed by atoms with van der Waals surface area (Å²) in [5, 5.41) is 1.91. The number of carbonyl (C=O) groups is 1. The summed E-state index contributed by atoms with van der Waals surface area (Å²) in [6.45, 7) is 1.56. The van der Waals surface area contributed by atoms with E-state index in [-0.39, 0.29) is 11.3 Å². The number of carbonyl (C=O) groups excluding carboxylic acids is 1. The van der Waals surface area contributed by atoms with E-state index in [4.69, 9.17) is 11.6 Å². The first kappa shape index (κ1) is 19.8. The van der Waals surface area contributed by atoms with Crippen molar-refractivity contribution in [2.45, 2.75) is 13.1 Å². The molecule has 0 fully saturated rings. The summed E-state index contributed by atoms with van der Waals surface area (Å²) in [6, 6.07) is 8.58. The Labute approximate surface area is 162 Å². The first-order chi connectivity index (χ1) is 13.1. The molecule has 1 N–H and O–H groups in total. The van der Waals surface area contributed by atoms with Gasteiger partial charge in [-0.05, 0) is 49.4 Å². The summed E-state index contributed by atoms with van der Waals surface area (Å²) in [7, 11) is 0. The van der Waals surface area contributed by atoms with Gasteiger partial charge in [-0.25, -0.2) is 14.4 Å². The Morgan fingerprint density at radius 1 is 1.11 bits per heavy atom. The molecule has 144 valence electrons. The molecule has 0 unspecified atom stereocenters. The molecular weight excluding hydrogens is 398 g/mol. The second kappa shape index (κ2) is 7.55. The fourth-order valence-electron chi connectivity index (χ4n) is 2.45. The Kier molecular flexibility index (Phi) is 5.33. The van der Waals surface area contributed by atoms with Crippen LogP contribution in [0.25, 0.3) is 11.4 Å². The van der Waals surface area contributed by atoms with Gasteiger partial charge in [0, 0.05) is 17.4 Å². The second-order valence-corrected chi connectivity index (χ2v) is 6.25. The van der Waals surface area contributed by atoms with Crippen molar-refractivity contribution in [1.82, 2.24) is 9.97 Å². The zero-order valence-electron chi connectivity index (χ0n) is 14.3. The van der Waals surface area contributed by atoms with E-state index in [1.54, 1.807) is 6.92 Å². The lowest BCUT2D eigenvalue weighted by Crippen LogP contribution is -2.16. The summed E-state index contributed by atoms with van der Waals surface area (Å²) in [5.74, 6) is -0.781. The highest BCUT2D eigenvalue weighted by Crippen LogP contribution is 2.36. The first-order valence-electron chi connectivity index (χ1n) is 7.93. The van der Waals surface area contributed by atoms with E-state index in [0.29, 0.717) is 17.1 Å². The van der Waals surface area contributed by atoms with Crippen molar-refractivity contribution in [2.24, 2.45) is 0 Å². The van der Waals surface area contributed by atoms with Gasteiger partial charge in [-0.2, -0.15) is 13.2 Å². The van der Waals surface area contributed by atoms with Gasteiger partial charge in [0.2, 0.25) is 0 Å². The molecule has 3 rings (SSSR count). The summed E-state index contributed by atoms with van der Waals surface area (Å²) >= 11 is 5.57. The number of nitrogens with one attached hydrogen (secondary N) is 1. The Bertz CT molecular complexity index is 1040. The molecule has 0 aliphatic rings. The fourth-order valence-corrected chi connectivity index (χ4v) is 2.67. The highest BCUT2D eigenvalue weighted by atomic mass is 35.5. The molecule has 4 nitrogen and oxygen atoms in total. The highest BCUT2D eigenvalue weighted by molar-refractivity contribution is 6.31. The standard InChI is InChI=1S/C19H12ClF4N3O/c1-10-14(9-25-17(26-10)11-2-4-12(21)5-3-11)18(28)27-13-6-7-16(20)15(8-13)19(22,23)24/h2-9H,1H3,(H,27,28). The Balaban J connectivity index is 1.84. The topological polar surface area (TPSA) is 54.9 Å². The Hall–Kier alpha value is -3.00. The summed E-state index contributed by atoms with van der Waals surface area (Å²) in [6.07, 6.45) is -3.38. The lowest BCUT2D eigenvalue weighted by molar-refractivity contribution is -0.137. The lowest BCUT2D eigenvalue weighted by atomic mass is 10.1. The van der Waals surface area contributed by atoms with Crippen LogP contribution < -0.4 is 5.32 Å². The van der Waals surface area contributed by atoms with E-state index in [2.05, 4.69) is 15.3 Å². The third kappa shape index (κ3) is 4.28. The van der Waals surface area contributed by atoms with Crippen LogP contribution in [-0.2, 0) is 6.18 Å². The summed E-state index contributed by atoms with van der Waals surface area (Å²) < 4.78 is 51.8. The molecule has 3 aromatic rings. The fraction of sp³-hybridized carbons (Fsp3) is 0.105. The number of benzene rings is 2. The Morgan fingerprint density at radius 2 is 1.79 bits per heavy atom. The van der Waals surface area contributed by atoms with Gasteiger partial charge in [0.15, 0.2) is 5.82 Å². The van der Waals surface area contributed by atoms with Crippen LogP contribution in [0, 0.1) is 12.7 Å². The van der Waals surface area contributed by atoms with E-state index in [1.807, 2.05) is 0 Å². The molecule has 1 heterocycles. The van der Waals surface area contributed by atoms with Gasteiger partial charge < -0.3 is 5.32 Å². The number of amides is 1. The average Bonchev–Trinajstić information content (AvgIpc) is 2.62. The molecule has 1 amide bonds. The number of nitrogens with zero attached hydrogens (tertiary/aromatic N) is 2. The number of aryl methyl sites for hydroxylation is 1. The zero-order chi connectivity index (χ0) is 20.5. The number of halogens is 5. The predicted octanol–water partition coefficient (Wildman–Crippen LogP) is 5.52. The van der Waals surface area contributed by atoms with Gasteiger partial charge in [0.25, 0.3) is 5.91 Å². The molecule has 0 spiro atoms. The molecule has 28 heavy (non-hydrogen) atoms. The molecule has 2 aromatic carbocycles. The predicted molar refractivity (Wildman–Crippen MR) is 96.6 cm³/mol. The van der Waals surface area contributed by atoms with Crippen molar-refractivity contribution in [3.63, 3.8) is 0 Å². The molecule has 0 saturated carbocycles. The first-order valence-corrected chi connectivity index (χ1v) is 8.30. The zero-order valence-corrected chi connectivity index (χ0v) is 15.1. The quantitative estimate of drug-likeness (QED) is 0.580. The van der Waals surface area contributed by atoms with Gasteiger partial charge in [0.05, 0.1) is 21.8 Å². The molecule has 0 saturated heterocycles. The van der Waals surface area contributed by atoms with E-state index < -0.39 is 28.5 Å². The van der Waals surface area contributed by atoms with Crippen LogP contribution in [0.5, 0.6) is 0 Å². The lowest BCUT2D eigenvalue weighted by Gasteiger charge is -2.12. The van der Waals surface area contributed by atoms with E-state index in [1.165, 1.54) is 36.5 Å². The maximum Gasteiger partial charge on any atom is 0.417 e. The number of hydrogen-bond acceptors (Lipinski definition) is 3. The molecule has 0 atom stereocenters. The van der Waals surface area contributed by atoms with Crippen molar-refractivity contribution in [2.75, 3.05) is 5.32 Å². The van der Waals surface area contributed by atoms with Crippen molar-refractivity contribution < 1.29 is 22.4 Å². The normalized spacial score (nSPS) is 11.4. The van der Waals surface area contributed by atoms with E-state index >= 15 is 0 Å². The minimum absolute atomic E-state index is 0.0660. The minimum Gasteiger partial charge on any atom is -0.322 e. The van der Waals surface area contributed by atoms with Crippen LogP contribution in [0.4, 0.5) is 23.2 Å². The summed E-state index contributed by atoms with van der Waals surface area (Å²) in [5.41, 5.74) is -0.148. The van der Waals surface area contributed by atoms with Crippen molar-refractivity contribution in [3.8, 4) is 11.4 Å². The van der Waals surface area contributed by atoms with Crippen LogP contribution in [0.15, 0.2) is 48.7 Å². The Morgan fingerprint density at radius 3 is 2.39 bits per heavy atom. The third-order valence-corrected chi connectivity index (χ3v) is 4.19. The molecule has 0 radical (unpaired) electrons. The number of rotatable bonds is 3. The maximum atomic E-state index is 13.0. The average molecular weight is 410 g/mol. The SMILES string of the molecule is Cc1nc(-c2ccc(F)cc2)ncc1C(=O)Nc1ccc(Cl)c(C(F)(F)F)c1. The third-order valence-electron chi connectivity index (χ3n) is 3.86. The van der Waals surface area contributed by atoms with Crippen molar-refractivity contribution >= 4 is 23.2 Å². The van der Waals surface area contributed by atoms with Gasteiger partial charge in [0.1, 0.15) is 5.82 Å². The van der Waals surface area contributed by atoms with Crippen LogP contribution in [0.2, 0.25) is 5.02 Å². The number of aromatic nitrogens is 2. The van der Waals surface area contributed by atoms with Crippen LogP contribution in [0.1, 0.15) is 21.6 Å². The molecule has 0 bridgehead atoms. The maximum absolute atomic E-state index is 13.0. The molecule has 0 aliphatic carbocycles. The van der Waals surface area contributed by atoms with Gasteiger partial charge in [-0.1, -0.05) is 11.6 Å². The second-order valence-electron chi connectivity index (χ2n) is 5.85. The van der Waals surface area contributed by atoms with E-state index in [0.717, 1.165) is 12.1 Å². The number of hydrogen-bond donors (Lipinski definition) is 1. The largest absolute Gasteiger partial charge is 0.417 e. The number of anilines is 1. The smallest absolute Gasteiger partial charge is 0.322 e. The molecular formula is C19H12ClF4N3O. The van der Waals surface area contributed by atoms with Crippen LogP contribution >= 0.6 is 11.6 Å². The molecule has 0 aliphatic heterocycles. The number of alkyl halides is 3. The van der Waals surface area contributed by atoms with Crippen LogP contribution in [0.3, 0.4) is 0 Å².